The lowest BCUT2D eigenvalue weighted by Crippen LogP contribution is -2.35. The molecule has 8 heteroatoms. The number of rotatable bonds is 4. The lowest BCUT2D eigenvalue weighted by atomic mass is 10.2. The number of hydrazone groups is 2. The minimum atomic E-state index is -1.00. The Morgan fingerprint density at radius 1 is 0.792 bits per heavy atom. The summed E-state index contributed by atoms with van der Waals surface area (Å²) < 4.78 is 0. The van der Waals surface area contributed by atoms with Crippen LogP contribution in [0.2, 0.25) is 0 Å². The van der Waals surface area contributed by atoms with Crippen molar-refractivity contribution in [2.45, 2.75) is 0 Å². The molecule has 0 heterocycles. The Labute approximate surface area is 137 Å². The normalized spacial score (nSPS) is 10.8. The Bertz CT molecular complexity index is 735. The summed E-state index contributed by atoms with van der Waals surface area (Å²) >= 11 is 0. The van der Waals surface area contributed by atoms with Gasteiger partial charge < -0.3 is 10.2 Å². The summed E-state index contributed by atoms with van der Waals surface area (Å²) in [4.78, 5) is 23.0. The number of amides is 2. The number of hydrogen-bond acceptors (Lipinski definition) is 6. The van der Waals surface area contributed by atoms with Crippen LogP contribution in [-0.4, -0.2) is 34.5 Å². The minimum Gasteiger partial charge on any atom is -0.508 e. The number of carbonyl (C=O) groups excluding carboxylic acids is 2. The first-order valence-electron chi connectivity index (χ1n) is 6.79. The Kier molecular flexibility index (Phi) is 5.62. The molecule has 0 radical (unpaired) electrons. The molecule has 0 aliphatic carbocycles. The van der Waals surface area contributed by atoms with E-state index in [4.69, 9.17) is 0 Å². The van der Waals surface area contributed by atoms with Gasteiger partial charge in [0.25, 0.3) is 0 Å². The van der Waals surface area contributed by atoms with Crippen molar-refractivity contribution in [2.75, 3.05) is 0 Å². The van der Waals surface area contributed by atoms with Gasteiger partial charge in [-0.15, -0.1) is 0 Å². The van der Waals surface area contributed by atoms with Crippen molar-refractivity contribution >= 4 is 24.2 Å². The van der Waals surface area contributed by atoms with Gasteiger partial charge in [0.2, 0.25) is 0 Å². The molecule has 0 fully saturated rings. The molecule has 0 atom stereocenters. The Morgan fingerprint density at radius 2 is 1.21 bits per heavy atom. The van der Waals surface area contributed by atoms with E-state index in [1.807, 2.05) is 10.9 Å². The van der Waals surface area contributed by atoms with Gasteiger partial charge in [0.15, 0.2) is 0 Å². The molecule has 0 aromatic heterocycles. The number of aromatic hydroxyl groups is 2. The molecule has 0 unspecified atom stereocenters. The summed E-state index contributed by atoms with van der Waals surface area (Å²) in [5, 5.41) is 25.7. The molecular weight excluding hydrogens is 312 g/mol. The third-order valence-corrected chi connectivity index (χ3v) is 2.71. The first kappa shape index (κ1) is 16.7. The van der Waals surface area contributed by atoms with Crippen LogP contribution in [0.3, 0.4) is 0 Å². The lowest BCUT2D eigenvalue weighted by molar-refractivity contribution is -0.139. The monoisotopic (exact) mass is 326 g/mol. The molecule has 0 aliphatic rings. The van der Waals surface area contributed by atoms with Gasteiger partial charge in [-0.2, -0.15) is 10.2 Å². The zero-order valence-electron chi connectivity index (χ0n) is 12.4. The molecule has 24 heavy (non-hydrogen) atoms. The molecule has 0 bridgehead atoms. The molecule has 0 aliphatic heterocycles. The fourth-order valence-corrected chi connectivity index (χ4v) is 1.64. The van der Waals surface area contributed by atoms with E-state index in [1.165, 1.54) is 36.7 Å². The minimum absolute atomic E-state index is 0.0595. The lowest BCUT2D eigenvalue weighted by Gasteiger charge is -1.99. The average Bonchev–Trinajstić information content (AvgIpc) is 2.55. The van der Waals surface area contributed by atoms with E-state index in [9.17, 15) is 19.8 Å². The number of phenolic OH excluding ortho intramolecular Hbond substituents is 2. The molecule has 4 N–H and O–H groups in total. The maximum absolute atomic E-state index is 11.5. The fraction of sp³-hybridized carbons (Fsp3) is 0. The zero-order chi connectivity index (χ0) is 17.4. The van der Waals surface area contributed by atoms with Crippen molar-refractivity contribution in [1.29, 1.82) is 0 Å². The largest absolute Gasteiger partial charge is 0.508 e. The van der Waals surface area contributed by atoms with Gasteiger partial charge in [-0.05, 0) is 35.4 Å². The number of benzene rings is 2. The summed E-state index contributed by atoms with van der Waals surface area (Å²) in [6.45, 7) is 0. The van der Waals surface area contributed by atoms with Gasteiger partial charge in [-0.25, -0.2) is 10.9 Å². The topological polar surface area (TPSA) is 123 Å². The van der Waals surface area contributed by atoms with Gasteiger partial charge in [0.1, 0.15) is 11.5 Å². The smallest absolute Gasteiger partial charge is 0.331 e. The van der Waals surface area contributed by atoms with Gasteiger partial charge in [-0.1, -0.05) is 24.3 Å². The van der Waals surface area contributed by atoms with Crippen LogP contribution < -0.4 is 10.9 Å². The first-order valence-corrected chi connectivity index (χ1v) is 6.79. The maximum atomic E-state index is 11.5. The highest BCUT2D eigenvalue weighted by Gasteiger charge is 2.10. The summed E-state index contributed by atoms with van der Waals surface area (Å²) in [6.07, 6.45) is 2.56. The van der Waals surface area contributed by atoms with Gasteiger partial charge in [0, 0.05) is 0 Å². The second-order valence-corrected chi connectivity index (χ2v) is 4.59. The summed E-state index contributed by atoms with van der Waals surface area (Å²) in [5.74, 6) is -1.88. The molecule has 0 saturated carbocycles. The Morgan fingerprint density at radius 3 is 1.58 bits per heavy atom. The third-order valence-electron chi connectivity index (χ3n) is 2.71. The molecule has 2 amide bonds. The molecule has 8 nitrogen and oxygen atoms in total. The highest BCUT2D eigenvalue weighted by molar-refractivity contribution is 6.35. The van der Waals surface area contributed by atoms with Gasteiger partial charge in [0.05, 0.1) is 12.4 Å². The number of nitrogens with one attached hydrogen (secondary N) is 2. The second kappa shape index (κ2) is 8.08. The number of phenols is 2. The van der Waals surface area contributed by atoms with Crippen molar-refractivity contribution < 1.29 is 19.8 Å². The van der Waals surface area contributed by atoms with E-state index in [1.54, 1.807) is 24.3 Å². The van der Waals surface area contributed by atoms with Crippen molar-refractivity contribution in [3.63, 3.8) is 0 Å². The molecule has 0 saturated heterocycles. The average molecular weight is 326 g/mol. The third kappa shape index (κ3) is 5.26. The van der Waals surface area contributed by atoms with Crippen LogP contribution in [-0.2, 0) is 9.59 Å². The highest BCUT2D eigenvalue weighted by Crippen LogP contribution is 2.09. The van der Waals surface area contributed by atoms with E-state index < -0.39 is 11.8 Å². The molecule has 2 rings (SSSR count). The highest BCUT2D eigenvalue weighted by atomic mass is 16.3. The summed E-state index contributed by atoms with van der Waals surface area (Å²) in [7, 11) is 0. The number of hydrogen-bond donors (Lipinski definition) is 4. The first-order chi connectivity index (χ1) is 11.5. The van der Waals surface area contributed by atoms with E-state index >= 15 is 0 Å². The van der Waals surface area contributed by atoms with Crippen molar-refractivity contribution in [3.05, 3.63) is 59.7 Å². The van der Waals surface area contributed by atoms with Crippen LogP contribution in [0, 0.1) is 0 Å². The van der Waals surface area contributed by atoms with E-state index in [2.05, 4.69) is 10.2 Å². The van der Waals surface area contributed by atoms with Crippen LogP contribution in [0.1, 0.15) is 11.1 Å². The van der Waals surface area contributed by atoms with Gasteiger partial charge in [-0.3, -0.25) is 9.59 Å². The predicted octanol–water partition coefficient (Wildman–Crippen LogP) is 0.698. The van der Waals surface area contributed by atoms with E-state index in [0.717, 1.165) is 0 Å². The maximum Gasteiger partial charge on any atom is 0.331 e. The van der Waals surface area contributed by atoms with Crippen LogP contribution >= 0.6 is 0 Å². The van der Waals surface area contributed by atoms with Crippen LogP contribution in [0.25, 0.3) is 0 Å². The van der Waals surface area contributed by atoms with E-state index in [-0.39, 0.29) is 11.5 Å². The SMILES string of the molecule is O=C(NN=Cc1cccc(O)c1)C(=O)NN=Cc1cccc(O)c1. The number of carbonyl (C=O) groups is 2. The van der Waals surface area contributed by atoms with Gasteiger partial charge >= 0.3 is 11.8 Å². The summed E-state index contributed by atoms with van der Waals surface area (Å²) in [6, 6.07) is 12.4. The Hall–Kier alpha value is -3.68. The standard InChI is InChI=1S/C16H14N4O4/c21-13-5-1-3-11(7-13)9-17-19-15(23)16(24)20-18-10-12-4-2-6-14(22)8-12/h1-10,21-22H,(H,19,23)(H,20,24). The molecule has 2 aromatic rings. The summed E-state index contributed by atoms with van der Waals surface area (Å²) in [5.41, 5.74) is 5.17. The zero-order valence-corrected chi connectivity index (χ0v) is 12.4. The van der Waals surface area contributed by atoms with Crippen LogP contribution in [0.4, 0.5) is 0 Å². The van der Waals surface area contributed by atoms with Crippen LogP contribution in [0.5, 0.6) is 11.5 Å². The van der Waals surface area contributed by atoms with Crippen molar-refractivity contribution in [2.24, 2.45) is 10.2 Å². The molecule has 2 aromatic carbocycles. The molecular formula is C16H14N4O4. The van der Waals surface area contributed by atoms with Crippen molar-refractivity contribution in [1.82, 2.24) is 10.9 Å². The fourth-order valence-electron chi connectivity index (χ4n) is 1.64. The van der Waals surface area contributed by atoms with Crippen molar-refractivity contribution in [3.8, 4) is 11.5 Å². The second-order valence-electron chi connectivity index (χ2n) is 4.59. The predicted molar refractivity (Wildman–Crippen MR) is 87.7 cm³/mol. The molecule has 0 spiro atoms. The van der Waals surface area contributed by atoms with E-state index in [0.29, 0.717) is 11.1 Å². The molecule has 122 valence electrons. The van der Waals surface area contributed by atoms with Crippen LogP contribution in [0.15, 0.2) is 58.7 Å². The Balaban J connectivity index is 1.83. The number of nitrogens with zero attached hydrogens (tertiary/aromatic N) is 2. The quantitative estimate of drug-likeness (QED) is 0.375.